The van der Waals surface area contributed by atoms with Crippen LogP contribution >= 0.6 is 0 Å². The standard InChI is InChI=1S/C17H21N3O3/c1-19-7-5-13-12(4-6-18-16(13)19)14-2-3-15(23-14)17(21)20-8-10-22-11-9-20/h4-7,14-15H,2-3,8-11H2,1H3/t14?,15-/m1/s1. The number of pyridine rings is 1. The molecule has 2 saturated heterocycles. The van der Waals surface area contributed by atoms with Crippen LogP contribution in [0.15, 0.2) is 24.5 Å². The number of aryl methyl sites for hydroxylation is 1. The molecule has 0 aliphatic carbocycles. The highest BCUT2D eigenvalue weighted by molar-refractivity contribution is 5.82. The van der Waals surface area contributed by atoms with Gasteiger partial charge in [0.05, 0.1) is 19.3 Å². The van der Waals surface area contributed by atoms with Gasteiger partial charge in [-0.15, -0.1) is 0 Å². The number of carbonyl (C=O) groups excluding carboxylic acids is 1. The Bertz CT molecular complexity index is 721. The quantitative estimate of drug-likeness (QED) is 0.845. The van der Waals surface area contributed by atoms with Crippen molar-refractivity contribution in [3.05, 3.63) is 30.1 Å². The molecule has 1 amide bonds. The maximum atomic E-state index is 12.6. The molecule has 1 unspecified atom stereocenters. The minimum Gasteiger partial charge on any atom is -0.378 e. The molecule has 0 saturated carbocycles. The Morgan fingerprint density at radius 1 is 1.26 bits per heavy atom. The SMILES string of the molecule is Cn1ccc2c(C3CC[C@H](C(=O)N4CCOCC4)O3)ccnc21. The lowest BCUT2D eigenvalue weighted by Gasteiger charge is -2.29. The minimum atomic E-state index is -0.329. The number of fused-ring (bicyclic) bond motifs is 1. The molecule has 23 heavy (non-hydrogen) atoms. The number of aromatic nitrogens is 2. The Kier molecular flexibility index (Phi) is 3.79. The summed E-state index contributed by atoms with van der Waals surface area (Å²) in [4.78, 5) is 18.9. The number of rotatable bonds is 2. The highest BCUT2D eigenvalue weighted by Crippen LogP contribution is 2.36. The Labute approximate surface area is 135 Å². The number of hydrogen-bond donors (Lipinski definition) is 0. The molecule has 2 aliphatic heterocycles. The molecule has 6 nitrogen and oxygen atoms in total. The largest absolute Gasteiger partial charge is 0.378 e. The van der Waals surface area contributed by atoms with Crippen LogP contribution in [0.4, 0.5) is 0 Å². The summed E-state index contributed by atoms with van der Waals surface area (Å²) in [6.45, 7) is 2.58. The first-order valence-electron chi connectivity index (χ1n) is 8.16. The molecule has 2 aromatic heterocycles. The van der Waals surface area contributed by atoms with Gasteiger partial charge in [-0.1, -0.05) is 0 Å². The van der Waals surface area contributed by atoms with Gasteiger partial charge in [0, 0.05) is 37.9 Å². The van der Waals surface area contributed by atoms with Gasteiger partial charge < -0.3 is 18.9 Å². The summed E-state index contributed by atoms with van der Waals surface area (Å²) in [5.41, 5.74) is 2.09. The lowest BCUT2D eigenvalue weighted by atomic mass is 10.0. The fourth-order valence-electron chi connectivity index (χ4n) is 3.50. The minimum absolute atomic E-state index is 0.0297. The van der Waals surface area contributed by atoms with Gasteiger partial charge in [0.15, 0.2) is 0 Å². The zero-order valence-electron chi connectivity index (χ0n) is 13.3. The molecule has 122 valence electrons. The predicted molar refractivity (Wildman–Crippen MR) is 85.0 cm³/mol. The van der Waals surface area contributed by atoms with E-state index in [0.717, 1.165) is 29.4 Å². The second kappa shape index (κ2) is 5.94. The van der Waals surface area contributed by atoms with Crippen molar-refractivity contribution in [2.24, 2.45) is 7.05 Å². The van der Waals surface area contributed by atoms with Crippen molar-refractivity contribution >= 4 is 16.9 Å². The number of nitrogens with zero attached hydrogens (tertiary/aromatic N) is 3. The van der Waals surface area contributed by atoms with Crippen LogP contribution in [0, 0.1) is 0 Å². The number of carbonyl (C=O) groups is 1. The second-order valence-electron chi connectivity index (χ2n) is 6.19. The Balaban J connectivity index is 1.52. The third kappa shape index (κ3) is 2.62. The smallest absolute Gasteiger partial charge is 0.251 e. The normalized spacial score (nSPS) is 25.2. The van der Waals surface area contributed by atoms with Crippen LogP contribution in [-0.4, -0.2) is 52.8 Å². The number of ether oxygens (including phenoxy) is 2. The maximum absolute atomic E-state index is 12.6. The molecule has 2 aromatic rings. The third-order valence-corrected chi connectivity index (χ3v) is 4.77. The zero-order chi connectivity index (χ0) is 15.8. The summed E-state index contributed by atoms with van der Waals surface area (Å²) in [5, 5.41) is 1.11. The Morgan fingerprint density at radius 3 is 2.91 bits per heavy atom. The maximum Gasteiger partial charge on any atom is 0.251 e. The van der Waals surface area contributed by atoms with E-state index in [1.165, 1.54) is 0 Å². The second-order valence-corrected chi connectivity index (χ2v) is 6.19. The van der Waals surface area contributed by atoms with Gasteiger partial charge in [-0.2, -0.15) is 0 Å². The first-order chi connectivity index (χ1) is 11.2. The molecule has 4 heterocycles. The predicted octanol–water partition coefficient (Wildman–Crippen LogP) is 1.65. The van der Waals surface area contributed by atoms with Gasteiger partial charge in [-0.3, -0.25) is 4.79 Å². The van der Waals surface area contributed by atoms with E-state index < -0.39 is 0 Å². The van der Waals surface area contributed by atoms with E-state index in [1.807, 2.05) is 35.0 Å². The summed E-state index contributed by atoms with van der Waals surface area (Å²) in [5.74, 6) is 0.106. The number of amides is 1. The lowest BCUT2D eigenvalue weighted by Crippen LogP contribution is -2.45. The van der Waals surface area contributed by atoms with E-state index in [-0.39, 0.29) is 18.1 Å². The van der Waals surface area contributed by atoms with E-state index in [1.54, 1.807) is 0 Å². The molecule has 0 radical (unpaired) electrons. The van der Waals surface area contributed by atoms with Crippen molar-refractivity contribution in [3.63, 3.8) is 0 Å². The molecule has 2 aliphatic rings. The van der Waals surface area contributed by atoms with Gasteiger partial charge in [-0.05, 0) is 30.5 Å². The van der Waals surface area contributed by atoms with Crippen LogP contribution < -0.4 is 0 Å². The summed E-state index contributed by atoms with van der Waals surface area (Å²) in [7, 11) is 1.99. The van der Waals surface area contributed by atoms with Gasteiger partial charge in [0.1, 0.15) is 11.8 Å². The molecule has 0 bridgehead atoms. The molecule has 0 aromatic carbocycles. The van der Waals surface area contributed by atoms with Crippen molar-refractivity contribution < 1.29 is 14.3 Å². The first-order valence-corrected chi connectivity index (χ1v) is 8.16. The summed E-state index contributed by atoms with van der Waals surface area (Å²) in [6, 6.07) is 4.08. The van der Waals surface area contributed by atoms with Crippen LogP contribution in [0.1, 0.15) is 24.5 Å². The molecule has 0 spiro atoms. The summed E-state index contributed by atoms with van der Waals surface area (Å²) in [6.07, 6.45) is 5.11. The van der Waals surface area contributed by atoms with Crippen LogP contribution in [0.5, 0.6) is 0 Å². The average Bonchev–Trinajstić information content (AvgIpc) is 3.22. The number of morpholine rings is 1. The van der Waals surface area contributed by atoms with E-state index in [9.17, 15) is 4.79 Å². The van der Waals surface area contributed by atoms with Crippen molar-refractivity contribution in [3.8, 4) is 0 Å². The van der Waals surface area contributed by atoms with E-state index >= 15 is 0 Å². The molecule has 4 rings (SSSR count). The fraction of sp³-hybridized carbons (Fsp3) is 0.529. The molecule has 6 heteroatoms. The van der Waals surface area contributed by atoms with Gasteiger partial charge in [0.25, 0.3) is 5.91 Å². The highest BCUT2D eigenvalue weighted by atomic mass is 16.5. The van der Waals surface area contributed by atoms with Crippen molar-refractivity contribution in [2.45, 2.75) is 25.0 Å². The molecule has 2 atom stereocenters. The van der Waals surface area contributed by atoms with E-state index in [4.69, 9.17) is 9.47 Å². The Hall–Kier alpha value is -1.92. The van der Waals surface area contributed by atoms with Gasteiger partial charge in [-0.25, -0.2) is 4.98 Å². The van der Waals surface area contributed by atoms with E-state index in [0.29, 0.717) is 26.3 Å². The molecular weight excluding hydrogens is 294 g/mol. The monoisotopic (exact) mass is 315 g/mol. The van der Waals surface area contributed by atoms with Gasteiger partial charge >= 0.3 is 0 Å². The van der Waals surface area contributed by atoms with Crippen LogP contribution in [0.25, 0.3) is 11.0 Å². The van der Waals surface area contributed by atoms with Crippen molar-refractivity contribution in [1.82, 2.24) is 14.5 Å². The number of hydrogen-bond acceptors (Lipinski definition) is 4. The van der Waals surface area contributed by atoms with Crippen LogP contribution in [0.3, 0.4) is 0 Å². The average molecular weight is 315 g/mol. The van der Waals surface area contributed by atoms with Crippen molar-refractivity contribution in [1.29, 1.82) is 0 Å². The van der Waals surface area contributed by atoms with Crippen LogP contribution in [0.2, 0.25) is 0 Å². The lowest BCUT2D eigenvalue weighted by molar-refractivity contribution is -0.147. The molecule has 2 fully saturated rings. The zero-order valence-corrected chi connectivity index (χ0v) is 13.3. The van der Waals surface area contributed by atoms with Crippen molar-refractivity contribution in [2.75, 3.05) is 26.3 Å². The van der Waals surface area contributed by atoms with E-state index in [2.05, 4.69) is 11.1 Å². The first kappa shape index (κ1) is 14.7. The fourth-order valence-corrected chi connectivity index (χ4v) is 3.50. The topological polar surface area (TPSA) is 56.6 Å². The molecule has 0 N–H and O–H groups in total. The molecular formula is C17H21N3O3. The van der Waals surface area contributed by atoms with Crippen LogP contribution in [-0.2, 0) is 21.3 Å². The Morgan fingerprint density at radius 2 is 2.09 bits per heavy atom. The third-order valence-electron chi connectivity index (χ3n) is 4.77. The highest BCUT2D eigenvalue weighted by Gasteiger charge is 2.35. The summed E-state index contributed by atoms with van der Waals surface area (Å²) >= 11 is 0. The summed E-state index contributed by atoms with van der Waals surface area (Å²) < 4.78 is 13.4. The van der Waals surface area contributed by atoms with Gasteiger partial charge in [0.2, 0.25) is 0 Å².